The van der Waals surface area contributed by atoms with Crippen molar-refractivity contribution in [2.24, 2.45) is 0 Å². The van der Waals surface area contributed by atoms with Crippen molar-refractivity contribution in [1.29, 1.82) is 0 Å². The highest BCUT2D eigenvalue weighted by Gasteiger charge is 2.37. The number of imidazole rings is 1. The molecule has 43 heavy (non-hydrogen) atoms. The van der Waals surface area contributed by atoms with E-state index in [0.29, 0.717) is 46.3 Å². The fourth-order valence-corrected chi connectivity index (χ4v) is 6.36. The molecule has 0 radical (unpaired) electrons. The first kappa shape index (κ1) is 27.9. The molecule has 3 aromatic heterocycles. The fraction of sp³-hybridized carbons (Fsp3) is 0.375. The summed E-state index contributed by atoms with van der Waals surface area (Å²) < 4.78 is 29.7. The molecule has 1 N–H and O–H groups in total. The smallest absolute Gasteiger partial charge is 0.354 e. The van der Waals surface area contributed by atoms with Crippen LogP contribution in [0.2, 0.25) is 5.02 Å². The van der Waals surface area contributed by atoms with Gasteiger partial charge in [-0.3, -0.25) is 9.88 Å². The van der Waals surface area contributed by atoms with E-state index in [9.17, 15) is 9.90 Å². The molecule has 0 saturated carbocycles. The molecule has 0 spiro atoms. The SMILES string of the molecule is CC1(c2ccc(Cl)cn2)C=C(F)c2cccc(C3CCN(Cc4nc5ccc(C(=O)O)nc5n4CC4CCO4)CC3)c2O1. The predicted octanol–water partition coefficient (Wildman–Crippen LogP) is 5.96. The highest BCUT2D eigenvalue weighted by molar-refractivity contribution is 6.30. The number of aromatic carboxylic acids is 1. The first-order valence-corrected chi connectivity index (χ1v) is 14.9. The Morgan fingerprint density at radius 1 is 1.14 bits per heavy atom. The topological polar surface area (TPSA) is 103 Å². The third-order valence-electron chi connectivity index (χ3n) is 8.72. The Kier molecular flexibility index (Phi) is 7.15. The van der Waals surface area contributed by atoms with Crippen molar-refractivity contribution in [1.82, 2.24) is 24.4 Å². The number of likely N-dealkylation sites (tertiary alicyclic amines) is 1. The molecule has 0 amide bonds. The third kappa shape index (κ3) is 5.28. The van der Waals surface area contributed by atoms with Gasteiger partial charge in [0.15, 0.2) is 16.9 Å². The molecule has 9 nitrogen and oxygen atoms in total. The highest BCUT2D eigenvalue weighted by atomic mass is 35.5. The van der Waals surface area contributed by atoms with Gasteiger partial charge in [0.25, 0.3) is 0 Å². The maximum absolute atomic E-state index is 15.5. The molecular weight excluding hydrogens is 573 g/mol. The summed E-state index contributed by atoms with van der Waals surface area (Å²) in [4.78, 5) is 27.6. The van der Waals surface area contributed by atoms with E-state index in [0.717, 1.165) is 50.3 Å². The van der Waals surface area contributed by atoms with E-state index in [4.69, 9.17) is 26.1 Å². The van der Waals surface area contributed by atoms with E-state index < -0.39 is 11.6 Å². The Morgan fingerprint density at radius 3 is 2.65 bits per heavy atom. The van der Waals surface area contributed by atoms with Crippen LogP contribution in [-0.4, -0.2) is 61.3 Å². The molecular formula is C32H31ClFN5O4. The van der Waals surface area contributed by atoms with Crippen LogP contribution in [0.25, 0.3) is 17.0 Å². The van der Waals surface area contributed by atoms with Gasteiger partial charge in [0.2, 0.25) is 0 Å². The summed E-state index contributed by atoms with van der Waals surface area (Å²) in [6, 6.07) is 12.4. The number of fused-ring (bicyclic) bond motifs is 2. The zero-order valence-corrected chi connectivity index (χ0v) is 24.4. The van der Waals surface area contributed by atoms with Crippen LogP contribution >= 0.6 is 11.6 Å². The zero-order valence-electron chi connectivity index (χ0n) is 23.7. The quantitative estimate of drug-likeness (QED) is 0.276. The molecule has 0 bridgehead atoms. The number of para-hydroxylation sites is 1. The van der Waals surface area contributed by atoms with Crippen LogP contribution in [0.5, 0.6) is 5.75 Å². The minimum absolute atomic E-state index is 0.00169. The number of piperidine rings is 1. The molecule has 2 unspecified atom stereocenters. The number of carbonyl (C=O) groups is 1. The second kappa shape index (κ2) is 11.0. The summed E-state index contributed by atoms with van der Waals surface area (Å²) in [6.07, 6.45) is 5.79. The van der Waals surface area contributed by atoms with Crippen molar-refractivity contribution in [2.45, 2.75) is 56.9 Å². The molecule has 2 saturated heterocycles. The van der Waals surface area contributed by atoms with Crippen molar-refractivity contribution in [2.75, 3.05) is 19.7 Å². The number of carboxylic acids is 1. The lowest BCUT2D eigenvalue weighted by Crippen LogP contribution is -2.36. The number of hydrogen-bond acceptors (Lipinski definition) is 7. The average molecular weight is 604 g/mol. The highest BCUT2D eigenvalue weighted by Crippen LogP contribution is 2.46. The van der Waals surface area contributed by atoms with Crippen LogP contribution in [0, 0.1) is 0 Å². The Hall–Kier alpha value is -3.86. The second-order valence-electron chi connectivity index (χ2n) is 11.6. The number of nitrogens with zero attached hydrogens (tertiary/aromatic N) is 5. The number of benzene rings is 1. The summed E-state index contributed by atoms with van der Waals surface area (Å²) in [7, 11) is 0. The monoisotopic (exact) mass is 603 g/mol. The molecule has 3 aliphatic rings. The van der Waals surface area contributed by atoms with E-state index in [-0.39, 0.29) is 23.5 Å². The molecule has 4 aromatic rings. The molecule has 2 fully saturated rings. The summed E-state index contributed by atoms with van der Waals surface area (Å²) in [6.45, 7) is 5.39. The van der Waals surface area contributed by atoms with Crippen LogP contribution in [0.1, 0.15) is 65.2 Å². The number of rotatable bonds is 7. The molecule has 222 valence electrons. The van der Waals surface area contributed by atoms with Gasteiger partial charge in [-0.25, -0.2) is 19.2 Å². The van der Waals surface area contributed by atoms with E-state index in [1.807, 2.05) is 23.6 Å². The summed E-state index contributed by atoms with van der Waals surface area (Å²) in [5.41, 5.74) is 2.24. The van der Waals surface area contributed by atoms with Gasteiger partial charge in [-0.15, -0.1) is 0 Å². The van der Waals surface area contributed by atoms with Gasteiger partial charge in [0.1, 0.15) is 22.9 Å². The Labute approximate surface area is 252 Å². The van der Waals surface area contributed by atoms with Crippen molar-refractivity contribution in [3.63, 3.8) is 0 Å². The summed E-state index contributed by atoms with van der Waals surface area (Å²) in [5.74, 6) is 0.223. The van der Waals surface area contributed by atoms with E-state index in [1.54, 1.807) is 30.5 Å². The van der Waals surface area contributed by atoms with E-state index in [2.05, 4.69) is 14.9 Å². The first-order valence-electron chi connectivity index (χ1n) is 14.5. The number of hydrogen-bond donors (Lipinski definition) is 1. The Balaban J connectivity index is 1.10. The number of ether oxygens (including phenoxy) is 2. The van der Waals surface area contributed by atoms with Gasteiger partial charge < -0.3 is 19.1 Å². The predicted molar refractivity (Wildman–Crippen MR) is 159 cm³/mol. The van der Waals surface area contributed by atoms with E-state index >= 15 is 4.39 Å². The van der Waals surface area contributed by atoms with Gasteiger partial charge in [-0.1, -0.05) is 23.7 Å². The first-order chi connectivity index (χ1) is 20.8. The van der Waals surface area contributed by atoms with Crippen molar-refractivity contribution >= 4 is 34.6 Å². The summed E-state index contributed by atoms with van der Waals surface area (Å²) >= 11 is 6.04. The third-order valence-corrected chi connectivity index (χ3v) is 8.94. The van der Waals surface area contributed by atoms with Crippen LogP contribution in [0.4, 0.5) is 4.39 Å². The van der Waals surface area contributed by atoms with Crippen molar-refractivity contribution in [3.8, 4) is 5.75 Å². The second-order valence-corrected chi connectivity index (χ2v) is 12.0. The average Bonchev–Trinajstić information content (AvgIpc) is 3.31. The van der Waals surface area contributed by atoms with Crippen LogP contribution in [0.15, 0.2) is 54.7 Å². The molecule has 11 heteroatoms. The lowest BCUT2D eigenvalue weighted by molar-refractivity contribution is -0.0593. The lowest BCUT2D eigenvalue weighted by Gasteiger charge is -2.36. The maximum Gasteiger partial charge on any atom is 0.354 e. The molecule has 2 atom stereocenters. The minimum Gasteiger partial charge on any atom is -0.477 e. The summed E-state index contributed by atoms with van der Waals surface area (Å²) in [5, 5.41) is 9.99. The van der Waals surface area contributed by atoms with Gasteiger partial charge in [-0.05, 0) is 81.1 Å². The fourth-order valence-electron chi connectivity index (χ4n) is 6.25. The van der Waals surface area contributed by atoms with Gasteiger partial charge in [-0.2, -0.15) is 0 Å². The van der Waals surface area contributed by atoms with Gasteiger partial charge >= 0.3 is 5.97 Å². The maximum atomic E-state index is 15.5. The Bertz CT molecular complexity index is 1730. The zero-order chi connectivity index (χ0) is 29.7. The van der Waals surface area contributed by atoms with Crippen LogP contribution in [0.3, 0.4) is 0 Å². The van der Waals surface area contributed by atoms with Crippen LogP contribution in [-0.2, 0) is 23.4 Å². The lowest BCUT2D eigenvalue weighted by atomic mass is 9.85. The van der Waals surface area contributed by atoms with E-state index in [1.165, 1.54) is 12.1 Å². The number of pyridine rings is 2. The number of carboxylic acid groups (broad SMARTS) is 1. The number of aromatic nitrogens is 4. The standard InChI is InChI=1S/C32H31ClFN5O4/c1-32(27-8-5-20(33)16-35-27)15-24(34)23-4-2-3-22(29(23)43-32)19-9-12-38(13-10-19)18-28-36-25-6-7-26(31(40)41)37-30(25)39(28)17-21-11-14-42-21/h2-8,15-16,19,21H,9-14,17-18H2,1H3,(H,40,41). The molecule has 6 heterocycles. The van der Waals surface area contributed by atoms with Crippen LogP contribution < -0.4 is 4.74 Å². The molecule has 3 aliphatic heterocycles. The minimum atomic E-state index is -1.06. The molecule has 7 rings (SSSR count). The largest absolute Gasteiger partial charge is 0.477 e. The van der Waals surface area contributed by atoms with Gasteiger partial charge in [0, 0.05) is 18.9 Å². The van der Waals surface area contributed by atoms with Crippen molar-refractivity contribution < 1.29 is 23.8 Å². The van der Waals surface area contributed by atoms with Crippen molar-refractivity contribution in [3.05, 3.63) is 88.1 Å². The van der Waals surface area contributed by atoms with Gasteiger partial charge in [0.05, 0.1) is 35.5 Å². The molecule has 1 aromatic carbocycles. The molecule has 0 aliphatic carbocycles. The Morgan fingerprint density at radius 2 is 1.95 bits per heavy atom. The normalized spacial score (nSPS) is 22.5. The number of halogens is 2.